The predicted molar refractivity (Wildman–Crippen MR) is 71.6 cm³/mol. The average molecular weight is 264 g/mol. The van der Waals surface area contributed by atoms with Crippen LogP contribution in [-0.4, -0.2) is 54.9 Å². The van der Waals surface area contributed by atoms with E-state index in [0.717, 1.165) is 13.1 Å². The summed E-state index contributed by atoms with van der Waals surface area (Å²) in [5.74, 6) is -0.146. The molecular weight excluding hydrogens is 244 g/mol. The van der Waals surface area contributed by atoms with Gasteiger partial charge in [0.1, 0.15) is 6.10 Å². The molecule has 1 fully saturated rings. The highest BCUT2D eigenvalue weighted by Gasteiger charge is 2.26. The number of carbonyl (C=O) groups excluding carboxylic acids is 1. The minimum atomic E-state index is -0.441. The average Bonchev–Trinajstić information content (AvgIpc) is 2.46. The van der Waals surface area contributed by atoms with Gasteiger partial charge in [-0.05, 0) is 5.56 Å². The van der Waals surface area contributed by atoms with Crippen LogP contribution in [0.25, 0.3) is 0 Å². The van der Waals surface area contributed by atoms with Gasteiger partial charge in [-0.25, -0.2) is 0 Å². The molecule has 1 amide bonds. The molecule has 5 heteroatoms. The summed E-state index contributed by atoms with van der Waals surface area (Å²) >= 11 is 0. The second kappa shape index (κ2) is 7.23. The maximum atomic E-state index is 11.8. The molecular formula is C14H20N2O3. The second-order valence-electron chi connectivity index (χ2n) is 4.59. The summed E-state index contributed by atoms with van der Waals surface area (Å²) in [6.45, 7) is 3.03. The van der Waals surface area contributed by atoms with Crippen LogP contribution in [0.5, 0.6) is 0 Å². The van der Waals surface area contributed by atoms with Crippen molar-refractivity contribution in [3.63, 3.8) is 0 Å². The molecule has 19 heavy (non-hydrogen) atoms. The molecule has 2 N–H and O–H groups in total. The Bertz CT molecular complexity index is 397. The minimum Gasteiger partial charge on any atom is -0.395 e. The molecule has 1 aromatic carbocycles. The summed E-state index contributed by atoms with van der Waals surface area (Å²) in [6, 6.07) is 10.2. The Kier molecular flexibility index (Phi) is 5.32. The summed E-state index contributed by atoms with van der Waals surface area (Å²) < 4.78 is 5.47. The van der Waals surface area contributed by atoms with Crippen molar-refractivity contribution in [1.29, 1.82) is 0 Å². The zero-order chi connectivity index (χ0) is 13.5. The summed E-state index contributed by atoms with van der Waals surface area (Å²) in [6.07, 6.45) is -0.441. The number of aliphatic hydroxyl groups excluding tert-OH is 1. The Hall–Kier alpha value is -1.43. The molecule has 2 rings (SSSR count). The monoisotopic (exact) mass is 264 g/mol. The van der Waals surface area contributed by atoms with Crippen molar-refractivity contribution in [2.45, 2.75) is 12.6 Å². The molecule has 0 radical (unpaired) electrons. The van der Waals surface area contributed by atoms with Crippen LogP contribution in [0.2, 0.25) is 0 Å². The fraction of sp³-hybridized carbons (Fsp3) is 0.500. The van der Waals surface area contributed by atoms with Gasteiger partial charge in [-0.1, -0.05) is 30.3 Å². The number of rotatable bonds is 5. The Morgan fingerprint density at radius 1 is 1.42 bits per heavy atom. The zero-order valence-corrected chi connectivity index (χ0v) is 10.9. The predicted octanol–water partition coefficient (Wildman–Crippen LogP) is -0.00410. The van der Waals surface area contributed by atoms with E-state index in [1.807, 2.05) is 18.2 Å². The maximum Gasteiger partial charge on any atom is 0.250 e. The third-order valence-electron chi connectivity index (χ3n) is 3.10. The Morgan fingerprint density at radius 2 is 2.21 bits per heavy atom. The second-order valence-corrected chi connectivity index (χ2v) is 4.59. The van der Waals surface area contributed by atoms with Crippen LogP contribution in [0.3, 0.4) is 0 Å². The first-order valence-electron chi connectivity index (χ1n) is 6.56. The number of amides is 1. The number of morpholine rings is 1. The Balaban J connectivity index is 1.85. The molecule has 1 unspecified atom stereocenters. The van der Waals surface area contributed by atoms with Crippen LogP contribution in [0.4, 0.5) is 0 Å². The van der Waals surface area contributed by atoms with Crippen LogP contribution in [0, 0.1) is 0 Å². The zero-order valence-electron chi connectivity index (χ0n) is 10.9. The van der Waals surface area contributed by atoms with Gasteiger partial charge in [0.05, 0.1) is 13.2 Å². The topological polar surface area (TPSA) is 61.8 Å². The van der Waals surface area contributed by atoms with E-state index in [2.05, 4.69) is 22.3 Å². The van der Waals surface area contributed by atoms with Crippen molar-refractivity contribution in [2.75, 3.05) is 32.8 Å². The quantitative estimate of drug-likeness (QED) is 0.785. The lowest BCUT2D eigenvalue weighted by molar-refractivity contribution is -0.138. The molecule has 1 saturated heterocycles. The molecule has 1 aliphatic rings. The van der Waals surface area contributed by atoms with E-state index in [9.17, 15) is 4.79 Å². The highest BCUT2D eigenvalue weighted by Crippen LogP contribution is 2.10. The molecule has 1 aliphatic heterocycles. The Labute approximate surface area is 113 Å². The van der Waals surface area contributed by atoms with Gasteiger partial charge in [0.2, 0.25) is 0 Å². The SMILES string of the molecule is O=C(NCCO)C1CN(Cc2ccccc2)CCO1. The first-order chi connectivity index (χ1) is 9.29. The van der Waals surface area contributed by atoms with Gasteiger partial charge in [0, 0.05) is 26.2 Å². The molecule has 0 aliphatic carbocycles. The number of aliphatic hydroxyl groups is 1. The van der Waals surface area contributed by atoms with Crippen molar-refractivity contribution in [3.8, 4) is 0 Å². The fourth-order valence-corrected chi connectivity index (χ4v) is 2.14. The smallest absolute Gasteiger partial charge is 0.250 e. The van der Waals surface area contributed by atoms with E-state index in [4.69, 9.17) is 9.84 Å². The molecule has 5 nitrogen and oxygen atoms in total. The van der Waals surface area contributed by atoms with Crippen LogP contribution >= 0.6 is 0 Å². The minimum absolute atomic E-state index is 0.0494. The van der Waals surface area contributed by atoms with Gasteiger partial charge < -0.3 is 15.2 Å². The highest BCUT2D eigenvalue weighted by molar-refractivity contribution is 5.81. The number of nitrogens with zero attached hydrogens (tertiary/aromatic N) is 1. The van der Waals surface area contributed by atoms with Crippen molar-refractivity contribution >= 4 is 5.91 Å². The van der Waals surface area contributed by atoms with Crippen LogP contribution in [-0.2, 0) is 16.1 Å². The molecule has 104 valence electrons. The third kappa shape index (κ3) is 4.31. The van der Waals surface area contributed by atoms with Gasteiger partial charge in [0.25, 0.3) is 5.91 Å². The van der Waals surface area contributed by atoms with E-state index in [0.29, 0.717) is 13.2 Å². The number of carbonyl (C=O) groups is 1. The number of nitrogens with one attached hydrogen (secondary N) is 1. The molecule has 1 aromatic rings. The lowest BCUT2D eigenvalue weighted by atomic mass is 10.2. The number of hydrogen-bond donors (Lipinski definition) is 2. The fourth-order valence-electron chi connectivity index (χ4n) is 2.14. The van der Waals surface area contributed by atoms with Crippen molar-refractivity contribution in [3.05, 3.63) is 35.9 Å². The van der Waals surface area contributed by atoms with E-state index >= 15 is 0 Å². The molecule has 1 atom stereocenters. The lowest BCUT2D eigenvalue weighted by Crippen LogP contribution is -2.49. The van der Waals surface area contributed by atoms with Crippen LogP contribution in [0.15, 0.2) is 30.3 Å². The standard InChI is InChI=1S/C14H20N2O3/c17-8-6-15-14(18)13-11-16(7-9-19-13)10-12-4-2-1-3-5-12/h1-5,13,17H,6-11H2,(H,15,18). The molecule has 1 heterocycles. The van der Waals surface area contributed by atoms with Crippen LogP contribution < -0.4 is 5.32 Å². The number of hydrogen-bond acceptors (Lipinski definition) is 4. The summed E-state index contributed by atoms with van der Waals surface area (Å²) in [5.41, 5.74) is 1.24. The molecule has 0 saturated carbocycles. The van der Waals surface area contributed by atoms with Gasteiger partial charge in [0.15, 0.2) is 0 Å². The normalized spacial score (nSPS) is 20.2. The third-order valence-corrected chi connectivity index (χ3v) is 3.10. The number of benzene rings is 1. The first kappa shape index (κ1) is 14.0. The van der Waals surface area contributed by atoms with Gasteiger partial charge in [-0.3, -0.25) is 9.69 Å². The summed E-state index contributed by atoms with van der Waals surface area (Å²) in [5, 5.41) is 11.3. The summed E-state index contributed by atoms with van der Waals surface area (Å²) in [4.78, 5) is 14.0. The van der Waals surface area contributed by atoms with Crippen LogP contribution in [0.1, 0.15) is 5.56 Å². The van der Waals surface area contributed by atoms with Gasteiger partial charge in [-0.2, -0.15) is 0 Å². The van der Waals surface area contributed by atoms with Crippen molar-refractivity contribution in [1.82, 2.24) is 10.2 Å². The van der Waals surface area contributed by atoms with Crippen molar-refractivity contribution < 1.29 is 14.6 Å². The van der Waals surface area contributed by atoms with E-state index in [1.165, 1.54) is 5.56 Å². The molecule has 0 spiro atoms. The highest BCUT2D eigenvalue weighted by atomic mass is 16.5. The first-order valence-corrected chi connectivity index (χ1v) is 6.56. The van der Waals surface area contributed by atoms with Gasteiger partial charge in [-0.15, -0.1) is 0 Å². The van der Waals surface area contributed by atoms with E-state index in [-0.39, 0.29) is 19.1 Å². The number of ether oxygens (including phenoxy) is 1. The van der Waals surface area contributed by atoms with E-state index < -0.39 is 6.10 Å². The molecule has 0 bridgehead atoms. The molecule has 0 aromatic heterocycles. The maximum absolute atomic E-state index is 11.8. The van der Waals surface area contributed by atoms with E-state index in [1.54, 1.807) is 0 Å². The largest absolute Gasteiger partial charge is 0.395 e. The van der Waals surface area contributed by atoms with Crippen molar-refractivity contribution in [2.24, 2.45) is 0 Å². The Morgan fingerprint density at radius 3 is 2.95 bits per heavy atom. The van der Waals surface area contributed by atoms with Gasteiger partial charge >= 0.3 is 0 Å². The lowest BCUT2D eigenvalue weighted by Gasteiger charge is -2.32. The summed E-state index contributed by atoms with van der Waals surface area (Å²) in [7, 11) is 0.